The second kappa shape index (κ2) is 72.6. The lowest BCUT2D eigenvalue weighted by atomic mass is 9.99. The van der Waals surface area contributed by atoms with Gasteiger partial charge in [0.25, 0.3) is 0 Å². The second-order valence-electron chi connectivity index (χ2n) is 29.9. The molecule has 17 nitrogen and oxygen atoms in total. The highest BCUT2D eigenvalue weighted by Crippen LogP contribution is 2.45. The van der Waals surface area contributed by atoms with Gasteiger partial charge in [-0.05, 0) is 37.5 Å². The second-order valence-corrected chi connectivity index (χ2v) is 32.8. The molecular formula is C81H158O17P2. The summed E-state index contributed by atoms with van der Waals surface area (Å²) < 4.78 is 68.6. The van der Waals surface area contributed by atoms with Crippen LogP contribution in [-0.2, 0) is 65.4 Å². The number of carbonyl (C=O) groups is 4. The Morgan fingerprint density at radius 1 is 0.290 bits per heavy atom. The number of carbonyl (C=O) groups excluding carboxylic acids is 4. The molecule has 19 heteroatoms. The molecule has 0 saturated carbocycles. The largest absolute Gasteiger partial charge is 0.472 e. The van der Waals surface area contributed by atoms with Crippen molar-refractivity contribution in [2.24, 2.45) is 11.8 Å². The first-order valence-corrected chi connectivity index (χ1v) is 45.0. The molecule has 0 aliphatic heterocycles. The maximum Gasteiger partial charge on any atom is 0.472 e. The van der Waals surface area contributed by atoms with E-state index in [0.717, 1.165) is 102 Å². The van der Waals surface area contributed by atoms with Gasteiger partial charge in [-0.2, -0.15) is 0 Å². The summed E-state index contributed by atoms with van der Waals surface area (Å²) in [6, 6.07) is 0. The van der Waals surface area contributed by atoms with Crippen LogP contribution in [0, 0.1) is 11.8 Å². The monoisotopic (exact) mass is 1470 g/mol. The van der Waals surface area contributed by atoms with Crippen LogP contribution < -0.4 is 0 Å². The molecule has 3 N–H and O–H groups in total. The van der Waals surface area contributed by atoms with Gasteiger partial charge in [0.05, 0.1) is 26.4 Å². The third-order valence-corrected chi connectivity index (χ3v) is 21.2. The summed E-state index contributed by atoms with van der Waals surface area (Å²) in [6.45, 7) is 9.71. The molecule has 0 aliphatic rings. The third-order valence-electron chi connectivity index (χ3n) is 19.3. The summed E-state index contributed by atoms with van der Waals surface area (Å²) in [4.78, 5) is 72.9. The Balaban J connectivity index is 5.20. The molecule has 0 rings (SSSR count). The van der Waals surface area contributed by atoms with Gasteiger partial charge in [-0.15, -0.1) is 0 Å². The molecule has 6 atom stereocenters. The Hall–Kier alpha value is -1.94. The van der Waals surface area contributed by atoms with Crippen LogP contribution in [-0.4, -0.2) is 96.7 Å². The van der Waals surface area contributed by atoms with Crippen LogP contribution in [0.15, 0.2) is 0 Å². The zero-order valence-corrected chi connectivity index (χ0v) is 67.3. The van der Waals surface area contributed by atoms with Crippen LogP contribution in [0.4, 0.5) is 0 Å². The van der Waals surface area contributed by atoms with Crippen molar-refractivity contribution in [2.45, 2.75) is 445 Å². The first-order chi connectivity index (χ1) is 48.4. The minimum absolute atomic E-state index is 0.108. The van der Waals surface area contributed by atoms with Crippen LogP contribution in [0.5, 0.6) is 0 Å². The number of ether oxygens (including phenoxy) is 4. The van der Waals surface area contributed by atoms with Crippen molar-refractivity contribution in [3.8, 4) is 0 Å². The Bertz CT molecular complexity index is 1930. The van der Waals surface area contributed by atoms with Crippen molar-refractivity contribution in [3.63, 3.8) is 0 Å². The molecule has 0 fully saturated rings. The molecule has 0 aromatic rings. The highest BCUT2D eigenvalue weighted by molar-refractivity contribution is 7.47. The first-order valence-electron chi connectivity index (χ1n) is 42.0. The lowest BCUT2D eigenvalue weighted by Gasteiger charge is -2.21. The average Bonchev–Trinajstić information content (AvgIpc) is 0.958. The summed E-state index contributed by atoms with van der Waals surface area (Å²) in [5, 5.41) is 10.6. The van der Waals surface area contributed by atoms with Crippen molar-refractivity contribution >= 4 is 39.5 Å². The smallest absolute Gasteiger partial charge is 0.462 e. The van der Waals surface area contributed by atoms with Gasteiger partial charge < -0.3 is 33.8 Å². The third kappa shape index (κ3) is 73.0. The van der Waals surface area contributed by atoms with Gasteiger partial charge in [-0.25, -0.2) is 9.13 Å². The number of aliphatic hydroxyl groups is 1. The van der Waals surface area contributed by atoms with Gasteiger partial charge in [0.15, 0.2) is 12.2 Å². The van der Waals surface area contributed by atoms with Gasteiger partial charge in [0.1, 0.15) is 19.3 Å². The topological polar surface area (TPSA) is 237 Å². The maximum atomic E-state index is 13.1. The van der Waals surface area contributed by atoms with E-state index in [1.165, 1.54) is 244 Å². The molecule has 0 radical (unpaired) electrons. The van der Waals surface area contributed by atoms with Gasteiger partial charge >= 0.3 is 39.5 Å². The number of hydrogen-bond acceptors (Lipinski definition) is 15. The van der Waals surface area contributed by atoms with E-state index >= 15 is 0 Å². The summed E-state index contributed by atoms with van der Waals surface area (Å²) in [5.41, 5.74) is 0. The lowest BCUT2D eigenvalue weighted by Crippen LogP contribution is -2.30. The van der Waals surface area contributed by atoms with Crippen LogP contribution in [0.25, 0.3) is 0 Å². The van der Waals surface area contributed by atoms with Crippen LogP contribution in [0.1, 0.15) is 427 Å². The van der Waals surface area contributed by atoms with E-state index < -0.39 is 97.5 Å². The van der Waals surface area contributed by atoms with Gasteiger partial charge in [0.2, 0.25) is 0 Å². The van der Waals surface area contributed by atoms with E-state index in [2.05, 4.69) is 41.5 Å². The predicted octanol–water partition coefficient (Wildman–Crippen LogP) is 24.3. The molecule has 0 heterocycles. The normalized spacial score (nSPS) is 14.2. The Labute approximate surface area is 613 Å². The molecule has 0 aromatic heterocycles. The van der Waals surface area contributed by atoms with Gasteiger partial charge in [0, 0.05) is 25.7 Å². The van der Waals surface area contributed by atoms with Gasteiger partial charge in [-0.1, -0.05) is 375 Å². The Kier molecular flexibility index (Phi) is 71.2. The lowest BCUT2D eigenvalue weighted by molar-refractivity contribution is -0.161. The van der Waals surface area contributed by atoms with Crippen LogP contribution in [0.2, 0.25) is 0 Å². The standard InChI is InChI=1S/C81H158O17P2/c1-7-10-12-14-16-18-19-34-41-47-53-59-65-80(85)97-76(69-91-78(83)63-57-51-45-37-17-15-13-11-8-2)71-95-99(87,88)93-67-75(82)68-94-100(89,90)96-72-77(70-92-79(84)64-58-52-46-40-35-30-27-26-29-33-39-44-50-56-62-74(6)9-3)98-81(86)66-60-54-48-42-36-31-25-23-21-20-22-24-28-32-38-43-49-55-61-73(4)5/h73-77,82H,7-72H2,1-6H3,(H,87,88)(H,89,90)/t74?,75-,76+,77+/m0/s1. The molecule has 100 heavy (non-hydrogen) atoms. The van der Waals surface area contributed by atoms with Crippen LogP contribution >= 0.6 is 15.6 Å². The minimum atomic E-state index is -4.96. The average molecular weight is 1470 g/mol. The van der Waals surface area contributed by atoms with Crippen LogP contribution in [0.3, 0.4) is 0 Å². The minimum Gasteiger partial charge on any atom is -0.462 e. The Morgan fingerprint density at radius 3 is 0.760 bits per heavy atom. The number of phosphoric ester groups is 2. The van der Waals surface area contributed by atoms with Crippen molar-refractivity contribution in [2.75, 3.05) is 39.6 Å². The summed E-state index contributed by atoms with van der Waals surface area (Å²) in [6.07, 6.45) is 62.4. The zero-order chi connectivity index (χ0) is 73.5. The van der Waals surface area contributed by atoms with Crippen molar-refractivity contribution in [1.82, 2.24) is 0 Å². The van der Waals surface area contributed by atoms with E-state index in [0.29, 0.717) is 25.7 Å². The first kappa shape index (κ1) is 98.1. The van der Waals surface area contributed by atoms with Crippen molar-refractivity contribution in [3.05, 3.63) is 0 Å². The number of hydrogen-bond donors (Lipinski definition) is 3. The van der Waals surface area contributed by atoms with Gasteiger partial charge in [-0.3, -0.25) is 37.3 Å². The highest BCUT2D eigenvalue weighted by atomic mass is 31.2. The molecule has 0 bridgehead atoms. The number of esters is 4. The number of aliphatic hydroxyl groups excluding tert-OH is 1. The number of unbranched alkanes of at least 4 members (excludes halogenated alkanes) is 49. The van der Waals surface area contributed by atoms with E-state index in [1.54, 1.807) is 0 Å². The summed E-state index contributed by atoms with van der Waals surface area (Å²) in [5.74, 6) is -0.439. The number of rotatable bonds is 80. The SMILES string of the molecule is CCCCCCCCCCCCCCC(=O)O[C@H](COC(=O)CCCCCCCCCCC)COP(=O)(O)OC[C@H](O)COP(=O)(O)OC[C@@H](COC(=O)CCCCCCCCCCCCCCCCC(C)CC)OC(=O)CCCCCCCCCCCCCCCCCCCCC(C)C. The van der Waals surface area contributed by atoms with Crippen molar-refractivity contribution in [1.29, 1.82) is 0 Å². The maximum absolute atomic E-state index is 13.1. The van der Waals surface area contributed by atoms with E-state index in [-0.39, 0.29) is 25.7 Å². The van der Waals surface area contributed by atoms with E-state index in [9.17, 15) is 43.2 Å². The Morgan fingerprint density at radius 2 is 0.510 bits per heavy atom. The molecule has 0 aliphatic carbocycles. The highest BCUT2D eigenvalue weighted by Gasteiger charge is 2.30. The fourth-order valence-corrected chi connectivity index (χ4v) is 14.1. The predicted molar refractivity (Wildman–Crippen MR) is 409 cm³/mol. The molecule has 3 unspecified atom stereocenters. The molecule has 594 valence electrons. The molecule has 0 amide bonds. The van der Waals surface area contributed by atoms with Crippen molar-refractivity contribution < 1.29 is 80.2 Å². The fraction of sp³-hybridized carbons (Fsp3) is 0.951. The molecule has 0 spiro atoms. The van der Waals surface area contributed by atoms with E-state index in [4.69, 9.17) is 37.0 Å². The molecular weight excluding hydrogens is 1310 g/mol. The summed E-state index contributed by atoms with van der Waals surface area (Å²) >= 11 is 0. The van der Waals surface area contributed by atoms with E-state index in [1.807, 2.05) is 0 Å². The molecule has 0 aromatic carbocycles. The molecule has 0 saturated heterocycles. The zero-order valence-electron chi connectivity index (χ0n) is 65.5. The fourth-order valence-electron chi connectivity index (χ4n) is 12.5. The quantitative estimate of drug-likeness (QED) is 0.0222. The number of phosphoric acid groups is 2. The summed E-state index contributed by atoms with van der Waals surface area (Å²) in [7, 11) is -9.91.